The lowest BCUT2D eigenvalue weighted by atomic mass is 10.1. The molecule has 1 atom stereocenters. The van der Waals surface area contributed by atoms with Crippen molar-refractivity contribution in [1.29, 1.82) is 0 Å². The Morgan fingerprint density at radius 3 is 2.92 bits per heavy atom. The Morgan fingerprint density at radius 1 is 1.24 bits per heavy atom. The van der Waals surface area contributed by atoms with Crippen molar-refractivity contribution in [3.05, 3.63) is 65.6 Å². The molecule has 1 aliphatic heterocycles. The van der Waals surface area contributed by atoms with Gasteiger partial charge in [0.25, 0.3) is 0 Å². The van der Waals surface area contributed by atoms with Gasteiger partial charge >= 0.3 is 0 Å². The van der Waals surface area contributed by atoms with E-state index >= 15 is 0 Å². The summed E-state index contributed by atoms with van der Waals surface area (Å²) < 4.78 is 13.0. The topological polar surface area (TPSA) is 70.3 Å². The van der Waals surface area contributed by atoms with E-state index in [0.29, 0.717) is 13.0 Å². The SMILES string of the molecule is N[C@@H](Cc1ccc(F)cc1)CN1CSC(c2ccc3[nH]ncc3c2)=N1. The highest BCUT2D eigenvalue weighted by Gasteiger charge is 2.19. The minimum atomic E-state index is -0.225. The minimum absolute atomic E-state index is 0.0504. The van der Waals surface area contributed by atoms with Crippen molar-refractivity contribution in [3.63, 3.8) is 0 Å². The van der Waals surface area contributed by atoms with Crippen molar-refractivity contribution < 1.29 is 4.39 Å². The molecule has 1 aromatic heterocycles. The van der Waals surface area contributed by atoms with Gasteiger partial charge in [0, 0.05) is 17.0 Å². The van der Waals surface area contributed by atoms with E-state index in [1.54, 1.807) is 23.9 Å². The number of aromatic amines is 1. The standard InChI is InChI=1S/C18H18FN5S/c19-15-4-1-12(2-5-15)7-16(20)10-24-11-25-18(23-24)13-3-6-17-14(8-13)9-21-22-17/h1-6,8-9,16H,7,10-11,20H2,(H,21,22)/t16-/m0/s1. The van der Waals surface area contributed by atoms with Crippen molar-refractivity contribution in [2.24, 2.45) is 10.8 Å². The summed E-state index contributed by atoms with van der Waals surface area (Å²) in [5.74, 6) is 0.563. The molecule has 0 radical (unpaired) electrons. The molecule has 128 valence electrons. The number of nitrogens with zero attached hydrogens (tertiary/aromatic N) is 3. The van der Waals surface area contributed by atoms with E-state index in [4.69, 9.17) is 5.73 Å². The number of aromatic nitrogens is 2. The molecule has 0 saturated carbocycles. The molecule has 0 fully saturated rings. The van der Waals surface area contributed by atoms with Crippen molar-refractivity contribution in [2.75, 3.05) is 12.4 Å². The molecule has 0 amide bonds. The van der Waals surface area contributed by atoms with Crippen LogP contribution >= 0.6 is 11.8 Å². The Labute approximate surface area is 149 Å². The number of hydrogen-bond acceptors (Lipinski definition) is 5. The number of thioether (sulfide) groups is 1. The van der Waals surface area contributed by atoms with E-state index in [9.17, 15) is 4.39 Å². The largest absolute Gasteiger partial charge is 0.326 e. The second-order valence-electron chi connectivity index (χ2n) is 6.13. The maximum absolute atomic E-state index is 13.0. The van der Waals surface area contributed by atoms with Crippen LogP contribution < -0.4 is 5.73 Å². The number of H-pyrrole nitrogens is 1. The van der Waals surface area contributed by atoms with Gasteiger partial charge in [-0.15, -0.1) is 0 Å². The Morgan fingerprint density at radius 2 is 2.08 bits per heavy atom. The molecule has 3 N–H and O–H groups in total. The number of nitrogens with one attached hydrogen (secondary N) is 1. The smallest absolute Gasteiger partial charge is 0.125 e. The van der Waals surface area contributed by atoms with E-state index in [1.165, 1.54) is 12.1 Å². The van der Waals surface area contributed by atoms with Gasteiger partial charge in [-0.25, -0.2) is 4.39 Å². The van der Waals surface area contributed by atoms with Crippen LogP contribution in [0.1, 0.15) is 11.1 Å². The molecule has 0 unspecified atom stereocenters. The maximum Gasteiger partial charge on any atom is 0.125 e. The van der Waals surface area contributed by atoms with Crippen molar-refractivity contribution in [2.45, 2.75) is 12.5 Å². The van der Waals surface area contributed by atoms with Crippen LogP contribution in [0.25, 0.3) is 10.9 Å². The summed E-state index contributed by atoms with van der Waals surface area (Å²) in [6.45, 7) is 0.668. The molecule has 2 heterocycles. The van der Waals surface area contributed by atoms with E-state index in [0.717, 1.165) is 33.0 Å². The summed E-state index contributed by atoms with van der Waals surface area (Å²) >= 11 is 1.71. The van der Waals surface area contributed by atoms with Crippen LogP contribution in [0.2, 0.25) is 0 Å². The summed E-state index contributed by atoms with van der Waals surface area (Å²) in [5.41, 5.74) is 9.39. The minimum Gasteiger partial charge on any atom is -0.326 e. The summed E-state index contributed by atoms with van der Waals surface area (Å²) in [6.07, 6.45) is 2.52. The fourth-order valence-electron chi connectivity index (χ4n) is 2.89. The highest BCUT2D eigenvalue weighted by atomic mass is 32.2. The Kier molecular flexibility index (Phi) is 4.42. The van der Waals surface area contributed by atoms with Crippen molar-refractivity contribution in [3.8, 4) is 0 Å². The van der Waals surface area contributed by atoms with Gasteiger partial charge in [0.05, 0.1) is 24.1 Å². The van der Waals surface area contributed by atoms with Crippen molar-refractivity contribution >= 4 is 27.7 Å². The zero-order valence-electron chi connectivity index (χ0n) is 13.5. The van der Waals surface area contributed by atoms with E-state index in [1.807, 2.05) is 23.3 Å². The monoisotopic (exact) mass is 355 g/mol. The lowest BCUT2D eigenvalue weighted by Crippen LogP contribution is -2.35. The molecule has 2 aromatic carbocycles. The van der Waals surface area contributed by atoms with Gasteiger partial charge in [0.15, 0.2) is 0 Å². The Bertz CT molecular complexity index is 905. The molecule has 4 rings (SSSR count). The maximum atomic E-state index is 13.0. The fourth-order valence-corrected chi connectivity index (χ4v) is 3.79. The lowest BCUT2D eigenvalue weighted by molar-refractivity contribution is 0.320. The van der Waals surface area contributed by atoms with E-state index in [2.05, 4.69) is 21.4 Å². The highest BCUT2D eigenvalue weighted by Crippen LogP contribution is 2.25. The zero-order valence-corrected chi connectivity index (χ0v) is 14.3. The average Bonchev–Trinajstić information content (AvgIpc) is 3.25. The van der Waals surface area contributed by atoms with Crippen LogP contribution in [0.5, 0.6) is 0 Å². The summed E-state index contributed by atoms with van der Waals surface area (Å²) in [4.78, 5) is 0. The molecule has 0 saturated heterocycles. The van der Waals surface area contributed by atoms with Gasteiger partial charge in [-0.05, 0) is 36.2 Å². The predicted molar refractivity (Wildman–Crippen MR) is 99.9 cm³/mol. The van der Waals surface area contributed by atoms with Gasteiger partial charge in [-0.1, -0.05) is 30.0 Å². The molecule has 0 aliphatic carbocycles. The highest BCUT2D eigenvalue weighted by molar-refractivity contribution is 8.14. The zero-order chi connectivity index (χ0) is 17.2. The first-order chi connectivity index (χ1) is 12.2. The number of hydrazone groups is 1. The lowest BCUT2D eigenvalue weighted by Gasteiger charge is -2.18. The summed E-state index contributed by atoms with van der Waals surface area (Å²) in [7, 11) is 0. The molecular formula is C18H18FN5S. The third-order valence-electron chi connectivity index (χ3n) is 4.13. The normalized spacial score (nSPS) is 15.6. The van der Waals surface area contributed by atoms with Crippen LogP contribution in [0.3, 0.4) is 0 Å². The number of hydrogen-bond donors (Lipinski definition) is 2. The van der Waals surface area contributed by atoms with Crippen LogP contribution in [-0.4, -0.2) is 38.7 Å². The second-order valence-corrected chi connectivity index (χ2v) is 7.06. The second kappa shape index (κ2) is 6.85. The molecule has 3 aromatic rings. The Balaban J connectivity index is 1.41. The van der Waals surface area contributed by atoms with Crippen LogP contribution in [0.15, 0.2) is 53.8 Å². The quantitative estimate of drug-likeness (QED) is 0.738. The molecule has 0 bridgehead atoms. The van der Waals surface area contributed by atoms with Crippen LogP contribution in [0, 0.1) is 5.82 Å². The third kappa shape index (κ3) is 3.67. The average molecular weight is 355 g/mol. The number of benzene rings is 2. The van der Waals surface area contributed by atoms with E-state index in [-0.39, 0.29) is 11.9 Å². The number of nitrogens with two attached hydrogens (primary N) is 1. The molecule has 5 nitrogen and oxygen atoms in total. The fraction of sp³-hybridized carbons (Fsp3) is 0.222. The van der Waals surface area contributed by atoms with Gasteiger partial charge in [-0.2, -0.15) is 10.2 Å². The molecule has 25 heavy (non-hydrogen) atoms. The molecular weight excluding hydrogens is 337 g/mol. The molecule has 1 aliphatic rings. The first-order valence-corrected chi connectivity index (χ1v) is 9.06. The number of rotatable bonds is 5. The predicted octanol–water partition coefficient (Wildman–Crippen LogP) is 2.94. The molecule has 0 spiro atoms. The van der Waals surface area contributed by atoms with Gasteiger partial charge in [-0.3, -0.25) is 10.1 Å². The molecule has 7 heteroatoms. The van der Waals surface area contributed by atoms with Crippen LogP contribution in [0.4, 0.5) is 4.39 Å². The van der Waals surface area contributed by atoms with Crippen LogP contribution in [-0.2, 0) is 6.42 Å². The summed E-state index contributed by atoms with van der Waals surface area (Å²) in [6, 6.07) is 12.6. The van der Waals surface area contributed by atoms with Gasteiger partial charge < -0.3 is 5.73 Å². The van der Waals surface area contributed by atoms with E-state index < -0.39 is 0 Å². The van der Waals surface area contributed by atoms with Gasteiger partial charge in [0.2, 0.25) is 0 Å². The summed E-state index contributed by atoms with van der Waals surface area (Å²) in [5, 5.41) is 15.8. The third-order valence-corrected chi connectivity index (χ3v) is 5.14. The number of fused-ring (bicyclic) bond motifs is 1. The Hall–Kier alpha value is -2.38. The first-order valence-electron chi connectivity index (χ1n) is 8.07. The number of halogens is 1. The van der Waals surface area contributed by atoms with Crippen molar-refractivity contribution in [1.82, 2.24) is 15.2 Å². The first kappa shape index (κ1) is 16.1. The van der Waals surface area contributed by atoms with Gasteiger partial charge in [0.1, 0.15) is 10.9 Å².